The highest BCUT2D eigenvalue weighted by molar-refractivity contribution is 9.09. The number of alkyl halides is 1. The van der Waals surface area contributed by atoms with Crippen molar-refractivity contribution in [1.82, 2.24) is 4.90 Å². The molecule has 11 heavy (non-hydrogen) atoms. The Morgan fingerprint density at radius 2 is 2.27 bits per heavy atom. The van der Waals surface area contributed by atoms with E-state index in [9.17, 15) is 4.79 Å². The Morgan fingerprint density at radius 3 is 2.64 bits per heavy atom. The van der Waals surface area contributed by atoms with Crippen molar-refractivity contribution in [1.29, 1.82) is 0 Å². The molecule has 2 nitrogen and oxygen atoms in total. The predicted molar refractivity (Wildman–Crippen MR) is 48.8 cm³/mol. The normalized spacial score (nSPS) is 31.0. The van der Waals surface area contributed by atoms with Gasteiger partial charge in [-0.25, -0.2) is 0 Å². The molecule has 2 unspecified atom stereocenters. The molecule has 0 bridgehead atoms. The molecule has 0 aliphatic carbocycles. The predicted octanol–water partition coefficient (Wildman–Crippen LogP) is 1.64. The third-order valence-electron chi connectivity index (χ3n) is 2.18. The van der Waals surface area contributed by atoms with Crippen LogP contribution in [0.5, 0.6) is 0 Å². The first kappa shape index (κ1) is 9.04. The molecule has 0 saturated carbocycles. The smallest absolute Gasteiger partial charge is 0.222 e. The average Bonchev–Trinajstić information content (AvgIpc) is 2.31. The van der Waals surface area contributed by atoms with Gasteiger partial charge in [-0.1, -0.05) is 29.8 Å². The standard InChI is InChI=1S/C8H14BrNO/c1-3-8(11)10-4-6(2)7(9)5-10/h6-7H,3-5H2,1-2H3. The average molecular weight is 220 g/mol. The first-order valence-electron chi connectivity index (χ1n) is 4.07. The molecule has 3 heteroatoms. The number of hydrogen-bond donors (Lipinski definition) is 0. The summed E-state index contributed by atoms with van der Waals surface area (Å²) in [5.74, 6) is 0.879. The topological polar surface area (TPSA) is 20.3 Å². The zero-order valence-electron chi connectivity index (χ0n) is 7.01. The second-order valence-electron chi connectivity index (χ2n) is 3.15. The summed E-state index contributed by atoms with van der Waals surface area (Å²) < 4.78 is 0. The maximum atomic E-state index is 11.2. The number of rotatable bonds is 1. The molecule has 0 aromatic rings. The highest BCUT2D eigenvalue weighted by atomic mass is 79.9. The lowest BCUT2D eigenvalue weighted by Gasteiger charge is -2.13. The molecule has 0 spiro atoms. The molecule has 1 aliphatic rings. The van der Waals surface area contributed by atoms with Gasteiger partial charge in [0.2, 0.25) is 5.91 Å². The van der Waals surface area contributed by atoms with E-state index in [1.807, 2.05) is 11.8 Å². The maximum Gasteiger partial charge on any atom is 0.222 e. The quantitative estimate of drug-likeness (QED) is 0.615. The zero-order chi connectivity index (χ0) is 8.43. The number of carbonyl (C=O) groups excluding carboxylic acids is 1. The molecule has 1 rings (SSSR count). The lowest BCUT2D eigenvalue weighted by molar-refractivity contribution is -0.129. The molecule has 2 atom stereocenters. The Morgan fingerprint density at radius 1 is 1.64 bits per heavy atom. The minimum absolute atomic E-state index is 0.277. The maximum absolute atomic E-state index is 11.2. The van der Waals surface area contributed by atoms with Crippen molar-refractivity contribution < 1.29 is 4.79 Å². The van der Waals surface area contributed by atoms with E-state index in [1.165, 1.54) is 0 Å². The third-order valence-corrected chi connectivity index (χ3v) is 3.37. The summed E-state index contributed by atoms with van der Waals surface area (Å²) in [6.45, 7) is 5.88. The first-order valence-corrected chi connectivity index (χ1v) is 4.98. The third kappa shape index (κ3) is 1.95. The largest absolute Gasteiger partial charge is 0.341 e. The Kier molecular flexibility index (Phi) is 2.93. The van der Waals surface area contributed by atoms with Crippen molar-refractivity contribution in [3.8, 4) is 0 Å². The Bertz CT molecular complexity index is 150. The van der Waals surface area contributed by atoms with Crippen LogP contribution in [-0.2, 0) is 4.79 Å². The Balaban J connectivity index is 2.46. The number of carbonyl (C=O) groups is 1. The van der Waals surface area contributed by atoms with Gasteiger partial charge in [0, 0.05) is 24.3 Å². The second kappa shape index (κ2) is 3.57. The van der Waals surface area contributed by atoms with Crippen molar-refractivity contribution in [2.24, 2.45) is 5.92 Å². The SMILES string of the molecule is CCC(=O)N1CC(C)C(Br)C1. The number of nitrogens with zero attached hydrogens (tertiary/aromatic N) is 1. The van der Waals surface area contributed by atoms with Crippen LogP contribution in [0.25, 0.3) is 0 Å². The molecule has 1 amide bonds. The van der Waals surface area contributed by atoms with Gasteiger partial charge in [0.05, 0.1) is 0 Å². The number of likely N-dealkylation sites (tertiary alicyclic amines) is 1. The summed E-state index contributed by atoms with van der Waals surface area (Å²) in [6.07, 6.45) is 0.631. The fraction of sp³-hybridized carbons (Fsp3) is 0.875. The van der Waals surface area contributed by atoms with Crippen LogP contribution in [0.4, 0.5) is 0 Å². The lowest BCUT2D eigenvalue weighted by atomic mass is 10.2. The van der Waals surface area contributed by atoms with Gasteiger partial charge in [-0.2, -0.15) is 0 Å². The molecule has 0 radical (unpaired) electrons. The van der Waals surface area contributed by atoms with E-state index in [0.717, 1.165) is 13.1 Å². The van der Waals surface area contributed by atoms with Gasteiger partial charge < -0.3 is 4.90 Å². The lowest BCUT2D eigenvalue weighted by Crippen LogP contribution is -2.27. The summed E-state index contributed by atoms with van der Waals surface area (Å²) in [7, 11) is 0. The molecule has 1 aliphatic heterocycles. The zero-order valence-corrected chi connectivity index (χ0v) is 8.60. The molecule has 1 saturated heterocycles. The fourth-order valence-corrected chi connectivity index (χ4v) is 1.87. The number of halogens is 1. The van der Waals surface area contributed by atoms with Gasteiger partial charge in [-0.05, 0) is 5.92 Å². The van der Waals surface area contributed by atoms with E-state index in [4.69, 9.17) is 0 Å². The van der Waals surface area contributed by atoms with E-state index in [0.29, 0.717) is 17.2 Å². The minimum Gasteiger partial charge on any atom is -0.341 e. The van der Waals surface area contributed by atoms with Crippen LogP contribution in [0.3, 0.4) is 0 Å². The Labute approximate surface area is 76.1 Å². The van der Waals surface area contributed by atoms with E-state index in [1.54, 1.807) is 0 Å². The Hall–Kier alpha value is -0.0500. The van der Waals surface area contributed by atoms with Crippen molar-refractivity contribution in [3.05, 3.63) is 0 Å². The van der Waals surface area contributed by atoms with Crippen LogP contribution in [-0.4, -0.2) is 28.7 Å². The van der Waals surface area contributed by atoms with E-state index >= 15 is 0 Å². The summed E-state index contributed by atoms with van der Waals surface area (Å²) in [5.41, 5.74) is 0. The van der Waals surface area contributed by atoms with E-state index in [-0.39, 0.29) is 5.91 Å². The van der Waals surface area contributed by atoms with Gasteiger partial charge in [0.25, 0.3) is 0 Å². The van der Waals surface area contributed by atoms with Crippen molar-refractivity contribution in [2.45, 2.75) is 25.1 Å². The molecule has 0 aromatic heterocycles. The van der Waals surface area contributed by atoms with Crippen molar-refractivity contribution >= 4 is 21.8 Å². The van der Waals surface area contributed by atoms with Crippen LogP contribution in [0.2, 0.25) is 0 Å². The van der Waals surface area contributed by atoms with Gasteiger partial charge in [-0.15, -0.1) is 0 Å². The van der Waals surface area contributed by atoms with Gasteiger partial charge in [0.1, 0.15) is 0 Å². The number of hydrogen-bond acceptors (Lipinski definition) is 1. The highest BCUT2D eigenvalue weighted by Gasteiger charge is 2.29. The molecular weight excluding hydrogens is 206 g/mol. The summed E-state index contributed by atoms with van der Waals surface area (Å²) in [4.78, 5) is 13.6. The molecule has 0 N–H and O–H groups in total. The first-order chi connectivity index (χ1) is 5.15. The molecule has 1 heterocycles. The number of amides is 1. The van der Waals surface area contributed by atoms with Gasteiger partial charge in [-0.3, -0.25) is 4.79 Å². The van der Waals surface area contributed by atoms with Gasteiger partial charge in [0.15, 0.2) is 0 Å². The van der Waals surface area contributed by atoms with Crippen LogP contribution in [0, 0.1) is 5.92 Å². The second-order valence-corrected chi connectivity index (χ2v) is 4.32. The van der Waals surface area contributed by atoms with Crippen LogP contribution in [0.1, 0.15) is 20.3 Å². The summed E-state index contributed by atoms with van der Waals surface area (Å²) in [6, 6.07) is 0. The summed E-state index contributed by atoms with van der Waals surface area (Å²) in [5, 5.41) is 0. The van der Waals surface area contributed by atoms with Crippen LogP contribution < -0.4 is 0 Å². The van der Waals surface area contributed by atoms with Crippen molar-refractivity contribution in [3.63, 3.8) is 0 Å². The van der Waals surface area contributed by atoms with Crippen LogP contribution >= 0.6 is 15.9 Å². The van der Waals surface area contributed by atoms with E-state index < -0.39 is 0 Å². The monoisotopic (exact) mass is 219 g/mol. The van der Waals surface area contributed by atoms with Crippen molar-refractivity contribution in [2.75, 3.05) is 13.1 Å². The minimum atomic E-state index is 0.277. The molecular formula is C8H14BrNO. The molecule has 0 aromatic carbocycles. The van der Waals surface area contributed by atoms with Crippen LogP contribution in [0.15, 0.2) is 0 Å². The van der Waals surface area contributed by atoms with Gasteiger partial charge >= 0.3 is 0 Å². The summed E-state index contributed by atoms with van der Waals surface area (Å²) >= 11 is 3.55. The molecule has 64 valence electrons. The molecule has 1 fully saturated rings. The van der Waals surface area contributed by atoms with E-state index in [2.05, 4.69) is 22.9 Å². The fourth-order valence-electron chi connectivity index (χ4n) is 1.35. The highest BCUT2D eigenvalue weighted by Crippen LogP contribution is 2.23.